The van der Waals surface area contributed by atoms with E-state index >= 15 is 0 Å². The Morgan fingerprint density at radius 3 is 2.29 bits per heavy atom. The Morgan fingerprint density at radius 2 is 1.63 bits per heavy atom. The van der Waals surface area contributed by atoms with Gasteiger partial charge in [-0.15, -0.1) is 0 Å². The van der Waals surface area contributed by atoms with Crippen molar-refractivity contribution in [2.45, 2.75) is 45.1 Å². The van der Waals surface area contributed by atoms with Gasteiger partial charge in [-0.2, -0.15) is 0 Å². The van der Waals surface area contributed by atoms with Gasteiger partial charge in [-0.05, 0) is 68.0 Å². The molecule has 0 unspecified atom stereocenters. The Labute approximate surface area is 227 Å². The zero-order valence-electron chi connectivity index (χ0n) is 22.7. The Hall–Kier alpha value is -2.42. The molecule has 2 atom stereocenters. The topological polar surface area (TPSA) is 70.2 Å². The van der Waals surface area contributed by atoms with Gasteiger partial charge < -0.3 is 14.5 Å². The molecule has 2 aromatic carbocycles. The molecular formula is C30H41N3O4S. The molecule has 1 spiro atoms. The monoisotopic (exact) mass is 539 g/mol. The highest BCUT2D eigenvalue weighted by Gasteiger charge is 2.48. The van der Waals surface area contributed by atoms with Gasteiger partial charge in [0.1, 0.15) is 5.75 Å². The summed E-state index contributed by atoms with van der Waals surface area (Å²) in [6.45, 7) is 7.18. The number of hydrogen-bond donors (Lipinski definition) is 0. The predicted octanol–water partition coefficient (Wildman–Crippen LogP) is 3.97. The van der Waals surface area contributed by atoms with E-state index in [1.165, 1.54) is 5.56 Å². The highest BCUT2D eigenvalue weighted by Crippen LogP contribution is 2.43. The van der Waals surface area contributed by atoms with Gasteiger partial charge in [-0.1, -0.05) is 49.4 Å². The zero-order chi connectivity index (χ0) is 26.8. The van der Waals surface area contributed by atoms with Gasteiger partial charge in [0.25, 0.3) is 0 Å². The number of carbonyl (C=O) groups excluding carboxylic acids is 1. The predicted molar refractivity (Wildman–Crippen MR) is 149 cm³/mol. The Bertz CT molecular complexity index is 1190. The maximum atomic E-state index is 13.5. The molecule has 5 rings (SSSR count). The van der Waals surface area contributed by atoms with Crippen molar-refractivity contribution in [2.75, 3.05) is 52.1 Å². The van der Waals surface area contributed by atoms with Gasteiger partial charge in [-0.3, -0.25) is 4.79 Å². The second kappa shape index (κ2) is 11.4. The summed E-state index contributed by atoms with van der Waals surface area (Å²) in [5.74, 6) is 1.79. The van der Waals surface area contributed by atoms with Gasteiger partial charge in [0.15, 0.2) is 0 Å². The number of amides is 1. The van der Waals surface area contributed by atoms with Crippen LogP contribution in [0.4, 0.5) is 0 Å². The number of ether oxygens (including phenoxy) is 1. The van der Waals surface area contributed by atoms with Gasteiger partial charge >= 0.3 is 0 Å². The molecule has 3 heterocycles. The smallest absolute Gasteiger partial charge is 0.229 e. The number of likely N-dealkylation sites (tertiary alicyclic amines) is 2. The summed E-state index contributed by atoms with van der Waals surface area (Å²) in [6, 6.07) is 18.3. The van der Waals surface area contributed by atoms with Crippen molar-refractivity contribution in [1.82, 2.24) is 14.1 Å². The average Bonchev–Trinajstić information content (AvgIpc) is 3.49. The van der Waals surface area contributed by atoms with Crippen LogP contribution in [0.3, 0.4) is 0 Å². The number of sulfonamides is 1. The number of piperidine rings is 1. The van der Waals surface area contributed by atoms with Crippen LogP contribution in [0, 0.1) is 11.3 Å². The first kappa shape index (κ1) is 27.2. The summed E-state index contributed by atoms with van der Waals surface area (Å²) in [4.78, 5) is 18.0. The van der Waals surface area contributed by atoms with Gasteiger partial charge in [0, 0.05) is 38.6 Å². The molecule has 8 heteroatoms. The van der Waals surface area contributed by atoms with Crippen LogP contribution < -0.4 is 4.74 Å². The molecule has 0 N–H and O–H groups in total. The van der Waals surface area contributed by atoms with E-state index in [9.17, 15) is 13.2 Å². The molecule has 0 bridgehead atoms. The lowest BCUT2D eigenvalue weighted by atomic mass is 9.76. The lowest BCUT2D eigenvalue weighted by Crippen LogP contribution is -2.46. The Kier molecular flexibility index (Phi) is 8.12. The van der Waals surface area contributed by atoms with Crippen LogP contribution in [-0.4, -0.2) is 80.6 Å². The van der Waals surface area contributed by atoms with Crippen molar-refractivity contribution < 1.29 is 17.9 Å². The normalized spacial score (nSPS) is 24.4. The maximum absolute atomic E-state index is 13.5. The number of hydrogen-bond acceptors (Lipinski definition) is 5. The minimum Gasteiger partial charge on any atom is -0.497 e. The molecule has 3 saturated heterocycles. The standard InChI is InChI=1S/C30H41N3O4S/c1-3-19-38(35,36)33-22-26(28(23-33)25-7-5-4-6-8-25)21-31-16-13-30(14-17-31)15-18-32(29(30)34)20-24-9-11-27(37-2)12-10-24/h4-12,26,28H,3,13-23H2,1-2H3/t26-,28+/m0/s1. The zero-order valence-corrected chi connectivity index (χ0v) is 23.5. The highest BCUT2D eigenvalue weighted by atomic mass is 32.2. The Morgan fingerprint density at radius 1 is 0.947 bits per heavy atom. The van der Waals surface area contributed by atoms with Crippen molar-refractivity contribution >= 4 is 15.9 Å². The number of methoxy groups -OCH3 is 1. The molecule has 7 nitrogen and oxygen atoms in total. The van der Waals surface area contributed by atoms with Crippen molar-refractivity contribution in [3.63, 3.8) is 0 Å². The minimum absolute atomic E-state index is 0.201. The van der Waals surface area contributed by atoms with Crippen LogP contribution in [-0.2, 0) is 21.4 Å². The van der Waals surface area contributed by atoms with Crippen molar-refractivity contribution in [3.8, 4) is 5.75 Å². The number of rotatable bonds is 9. The third-order valence-electron chi connectivity index (χ3n) is 8.93. The van der Waals surface area contributed by atoms with E-state index in [0.29, 0.717) is 32.0 Å². The van der Waals surface area contributed by atoms with Gasteiger partial charge in [0.2, 0.25) is 15.9 Å². The van der Waals surface area contributed by atoms with E-state index in [1.54, 1.807) is 11.4 Å². The molecule has 2 aromatic rings. The second-order valence-corrected chi connectivity index (χ2v) is 13.4. The molecule has 0 radical (unpaired) electrons. The molecule has 0 aliphatic carbocycles. The SMILES string of the molecule is CCCS(=O)(=O)N1C[C@H](CN2CCC3(CC2)CCN(Cc2ccc(OC)cc2)C3=O)[C@@H](c2ccccc2)C1. The average molecular weight is 540 g/mol. The van der Waals surface area contributed by atoms with Crippen LogP contribution in [0.25, 0.3) is 0 Å². The fraction of sp³-hybridized carbons (Fsp3) is 0.567. The summed E-state index contributed by atoms with van der Waals surface area (Å²) in [6.07, 6.45) is 3.32. The molecule has 0 aromatic heterocycles. The van der Waals surface area contributed by atoms with E-state index in [1.807, 2.05) is 54.3 Å². The summed E-state index contributed by atoms with van der Waals surface area (Å²) in [7, 11) is -1.57. The van der Waals surface area contributed by atoms with E-state index < -0.39 is 10.0 Å². The summed E-state index contributed by atoms with van der Waals surface area (Å²) in [5, 5.41) is 0. The van der Waals surface area contributed by atoms with Crippen LogP contribution in [0.1, 0.15) is 49.7 Å². The van der Waals surface area contributed by atoms with Crippen molar-refractivity contribution in [2.24, 2.45) is 11.3 Å². The van der Waals surface area contributed by atoms with Crippen LogP contribution in [0.15, 0.2) is 54.6 Å². The summed E-state index contributed by atoms with van der Waals surface area (Å²) in [5.41, 5.74) is 2.11. The van der Waals surface area contributed by atoms with E-state index in [-0.39, 0.29) is 23.0 Å². The first-order valence-corrected chi connectivity index (χ1v) is 15.6. The minimum atomic E-state index is -3.23. The van der Waals surface area contributed by atoms with Gasteiger partial charge in [0.05, 0.1) is 18.3 Å². The fourth-order valence-electron chi connectivity index (χ4n) is 6.66. The van der Waals surface area contributed by atoms with Gasteiger partial charge in [-0.25, -0.2) is 12.7 Å². The van der Waals surface area contributed by atoms with Crippen LogP contribution in [0.5, 0.6) is 5.75 Å². The lowest BCUT2D eigenvalue weighted by Gasteiger charge is -2.39. The summed E-state index contributed by atoms with van der Waals surface area (Å²) < 4.78 is 32.8. The first-order valence-electron chi connectivity index (χ1n) is 14.0. The third-order valence-corrected chi connectivity index (χ3v) is 10.9. The molecule has 3 aliphatic heterocycles. The van der Waals surface area contributed by atoms with E-state index in [0.717, 1.165) is 56.8 Å². The molecule has 0 saturated carbocycles. The molecule has 206 valence electrons. The second-order valence-electron chi connectivity index (χ2n) is 11.3. The molecule has 3 aliphatic rings. The van der Waals surface area contributed by atoms with Crippen LogP contribution >= 0.6 is 0 Å². The Balaban J connectivity index is 1.21. The maximum Gasteiger partial charge on any atom is 0.229 e. The highest BCUT2D eigenvalue weighted by molar-refractivity contribution is 7.89. The summed E-state index contributed by atoms with van der Waals surface area (Å²) >= 11 is 0. The number of nitrogens with zero attached hydrogens (tertiary/aromatic N) is 3. The molecule has 3 fully saturated rings. The molecule has 1 amide bonds. The molecule has 38 heavy (non-hydrogen) atoms. The lowest BCUT2D eigenvalue weighted by molar-refractivity contribution is -0.139. The molecular weight excluding hydrogens is 498 g/mol. The third kappa shape index (κ3) is 5.63. The number of carbonyl (C=O) groups is 1. The first-order chi connectivity index (χ1) is 18.3. The van der Waals surface area contributed by atoms with Crippen molar-refractivity contribution in [3.05, 3.63) is 65.7 Å². The number of benzene rings is 2. The quantitative estimate of drug-likeness (QED) is 0.483. The largest absolute Gasteiger partial charge is 0.497 e. The van der Waals surface area contributed by atoms with E-state index in [2.05, 4.69) is 17.0 Å². The fourth-order valence-corrected chi connectivity index (χ4v) is 8.24. The van der Waals surface area contributed by atoms with Crippen molar-refractivity contribution in [1.29, 1.82) is 0 Å². The van der Waals surface area contributed by atoms with E-state index in [4.69, 9.17) is 4.74 Å². The van der Waals surface area contributed by atoms with Crippen LogP contribution in [0.2, 0.25) is 0 Å².